The Morgan fingerprint density at radius 3 is 2.32 bits per heavy atom. The van der Waals surface area contributed by atoms with Crippen LogP contribution in [0.4, 0.5) is 10.8 Å². The van der Waals surface area contributed by atoms with Gasteiger partial charge in [0.1, 0.15) is 0 Å². The molecule has 0 aliphatic heterocycles. The molecule has 1 heterocycles. The Kier molecular flexibility index (Phi) is 5.11. The van der Waals surface area contributed by atoms with Gasteiger partial charge in [-0.15, -0.1) is 11.3 Å². The van der Waals surface area contributed by atoms with Crippen LogP contribution < -0.4 is 10.6 Å². The first kappa shape index (κ1) is 17.1. The Morgan fingerprint density at radius 1 is 1.00 bits per heavy atom. The van der Waals surface area contributed by atoms with Gasteiger partial charge in [0.15, 0.2) is 5.13 Å². The smallest absolute Gasteiger partial charge is 0.257 e. The number of hydrogen-bond acceptors (Lipinski definition) is 4. The summed E-state index contributed by atoms with van der Waals surface area (Å²) in [6.07, 6.45) is 0. The van der Waals surface area contributed by atoms with Crippen molar-refractivity contribution >= 4 is 45.6 Å². The Labute approximate surface area is 153 Å². The van der Waals surface area contributed by atoms with E-state index in [4.69, 9.17) is 11.6 Å². The van der Waals surface area contributed by atoms with Crippen molar-refractivity contribution in [3.05, 3.63) is 64.5 Å². The van der Waals surface area contributed by atoms with Crippen LogP contribution in [0, 0.1) is 0 Å². The molecule has 0 saturated heterocycles. The van der Waals surface area contributed by atoms with Gasteiger partial charge in [0.25, 0.3) is 5.91 Å². The van der Waals surface area contributed by atoms with E-state index in [0.717, 1.165) is 16.9 Å². The molecule has 0 aliphatic rings. The molecule has 3 rings (SSSR count). The number of halogens is 1. The molecule has 2 amide bonds. The van der Waals surface area contributed by atoms with Gasteiger partial charge in [-0.2, -0.15) is 0 Å². The predicted molar refractivity (Wildman–Crippen MR) is 101 cm³/mol. The van der Waals surface area contributed by atoms with Gasteiger partial charge in [-0.1, -0.05) is 23.7 Å². The molecule has 0 unspecified atom stereocenters. The van der Waals surface area contributed by atoms with Gasteiger partial charge in [0.05, 0.1) is 5.69 Å². The van der Waals surface area contributed by atoms with Crippen LogP contribution in [0.5, 0.6) is 0 Å². The molecule has 3 aromatic rings. The summed E-state index contributed by atoms with van der Waals surface area (Å²) in [5.74, 6) is -0.354. The lowest BCUT2D eigenvalue weighted by Crippen LogP contribution is -2.11. The van der Waals surface area contributed by atoms with Gasteiger partial charge in [-0.05, 0) is 36.4 Å². The fourth-order valence-electron chi connectivity index (χ4n) is 2.16. The highest BCUT2D eigenvalue weighted by molar-refractivity contribution is 7.14. The Bertz CT molecular complexity index is 905. The summed E-state index contributed by atoms with van der Waals surface area (Å²) in [5, 5.41) is 8.45. The monoisotopic (exact) mass is 371 g/mol. The fourth-order valence-corrected chi connectivity index (χ4v) is 3.00. The van der Waals surface area contributed by atoms with E-state index >= 15 is 0 Å². The number of rotatable bonds is 4. The third-order valence-corrected chi connectivity index (χ3v) is 4.34. The fraction of sp³-hybridized carbons (Fsp3) is 0.0556. The van der Waals surface area contributed by atoms with Crippen LogP contribution >= 0.6 is 22.9 Å². The first-order chi connectivity index (χ1) is 12.0. The zero-order valence-electron chi connectivity index (χ0n) is 13.2. The number of nitrogens with zero attached hydrogens (tertiary/aromatic N) is 1. The van der Waals surface area contributed by atoms with Crippen LogP contribution in [0.15, 0.2) is 53.9 Å². The average molecular weight is 372 g/mol. The molecule has 0 aliphatic carbocycles. The summed E-state index contributed by atoms with van der Waals surface area (Å²) in [5.41, 5.74) is 2.90. The zero-order valence-corrected chi connectivity index (χ0v) is 14.8. The SMILES string of the molecule is CC(=O)Nc1ccc(-c2csc(NC(=O)c3ccc(Cl)cc3)n2)cc1. The number of hydrogen-bond donors (Lipinski definition) is 2. The van der Waals surface area contributed by atoms with E-state index in [1.54, 1.807) is 24.3 Å². The van der Waals surface area contributed by atoms with Crippen LogP contribution in [0.2, 0.25) is 5.02 Å². The van der Waals surface area contributed by atoms with E-state index in [9.17, 15) is 9.59 Å². The Morgan fingerprint density at radius 2 is 1.68 bits per heavy atom. The largest absolute Gasteiger partial charge is 0.326 e. The molecule has 2 N–H and O–H groups in total. The molecule has 0 atom stereocenters. The van der Waals surface area contributed by atoms with Gasteiger partial charge < -0.3 is 5.32 Å². The maximum absolute atomic E-state index is 12.2. The van der Waals surface area contributed by atoms with Gasteiger partial charge in [0.2, 0.25) is 5.91 Å². The number of carbonyl (C=O) groups excluding carboxylic acids is 2. The minimum atomic E-state index is -0.237. The second kappa shape index (κ2) is 7.46. The van der Waals surface area contributed by atoms with Crippen molar-refractivity contribution in [1.82, 2.24) is 4.98 Å². The van der Waals surface area contributed by atoms with Crippen molar-refractivity contribution in [2.45, 2.75) is 6.92 Å². The summed E-state index contributed by atoms with van der Waals surface area (Å²) in [6.45, 7) is 1.46. The third-order valence-electron chi connectivity index (χ3n) is 3.33. The first-order valence-corrected chi connectivity index (χ1v) is 8.67. The normalized spacial score (nSPS) is 10.3. The Hall–Kier alpha value is -2.70. The minimum Gasteiger partial charge on any atom is -0.326 e. The lowest BCUT2D eigenvalue weighted by Gasteiger charge is -2.03. The standard InChI is InChI=1S/C18H14ClN3O2S/c1-11(23)20-15-8-4-12(5-9-15)16-10-25-18(21-16)22-17(24)13-2-6-14(19)7-3-13/h2-10H,1H3,(H,20,23)(H,21,22,24). The summed E-state index contributed by atoms with van der Waals surface area (Å²) in [6, 6.07) is 14.0. The third kappa shape index (κ3) is 4.43. The molecule has 0 fully saturated rings. The molecule has 25 heavy (non-hydrogen) atoms. The summed E-state index contributed by atoms with van der Waals surface area (Å²) in [4.78, 5) is 27.7. The van der Waals surface area contributed by atoms with E-state index in [1.807, 2.05) is 29.6 Å². The summed E-state index contributed by atoms with van der Waals surface area (Å²) < 4.78 is 0. The molecule has 5 nitrogen and oxygen atoms in total. The van der Waals surface area contributed by atoms with E-state index in [-0.39, 0.29) is 11.8 Å². The van der Waals surface area contributed by atoms with Crippen LogP contribution in [0.25, 0.3) is 11.3 Å². The zero-order chi connectivity index (χ0) is 17.8. The summed E-state index contributed by atoms with van der Waals surface area (Å²) >= 11 is 7.17. The van der Waals surface area contributed by atoms with Crippen molar-refractivity contribution < 1.29 is 9.59 Å². The average Bonchev–Trinajstić information content (AvgIpc) is 3.04. The molecule has 126 valence electrons. The molecule has 7 heteroatoms. The van der Waals surface area contributed by atoms with Gasteiger partial charge in [0, 0.05) is 34.1 Å². The molecule has 0 spiro atoms. The van der Waals surface area contributed by atoms with Crippen LogP contribution in [-0.4, -0.2) is 16.8 Å². The maximum atomic E-state index is 12.2. The molecule has 0 radical (unpaired) electrons. The number of amides is 2. The molecular weight excluding hydrogens is 358 g/mol. The second-order valence-corrected chi connectivity index (χ2v) is 6.55. The first-order valence-electron chi connectivity index (χ1n) is 7.42. The van der Waals surface area contributed by atoms with E-state index in [2.05, 4.69) is 15.6 Å². The molecular formula is C18H14ClN3O2S. The highest BCUT2D eigenvalue weighted by Crippen LogP contribution is 2.26. The van der Waals surface area contributed by atoms with Crippen LogP contribution in [0.1, 0.15) is 17.3 Å². The molecule has 2 aromatic carbocycles. The Balaban J connectivity index is 1.70. The van der Waals surface area contributed by atoms with Gasteiger partial charge in [-0.3, -0.25) is 14.9 Å². The van der Waals surface area contributed by atoms with E-state index in [1.165, 1.54) is 18.3 Å². The quantitative estimate of drug-likeness (QED) is 0.699. The maximum Gasteiger partial charge on any atom is 0.257 e. The van der Waals surface area contributed by atoms with Crippen molar-refractivity contribution in [2.75, 3.05) is 10.6 Å². The number of thiazole rings is 1. The molecule has 1 aromatic heterocycles. The number of carbonyl (C=O) groups is 2. The van der Waals surface area contributed by atoms with Crippen LogP contribution in [-0.2, 0) is 4.79 Å². The predicted octanol–water partition coefficient (Wildman–Crippen LogP) is 4.67. The van der Waals surface area contributed by atoms with Crippen LogP contribution in [0.3, 0.4) is 0 Å². The van der Waals surface area contributed by atoms with Crippen molar-refractivity contribution in [3.8, 4) is 11.3 Å². The van der Waals surface area contributed by atoms with Crippen molar-refractivity contribution in [2.24, 2.45) is 0 Å². The molecule has 0 saturated carbocycles. The topological polar surface area (TPSA) is 71.1 Å². The lowest BCUT2D eigenvalue weighted by molar-refractivity contribution is -0.114. The number of nitrogens with one attached hydrogen (secondary N) is 2. The van der Waals surface area contributed by atoms with Crippen molar-refractivity contribution in [1.29, 1.82) is 0 Å². The van der Waals surface area contributed by atoms with Crippen molar-refractivity contribution in [3.63, 3.8) is 0 Å². The number of anilines is 2. The highest BCUT2D eigenvalue weighted by atomic mass is 35.5. The van der Waals surface area contributed by atoms with E-state index < -0.39 is 0 Å². The van der Waals surface area contributed by atoms with Gasteiger partial charge >= 0.3 is 0 Å². The molecule has 0 bridgehead atoms. The van der Waals surface area contributed by atoms with E-state index in [0.29, 0.717) is 15.7 Å². The number of aromatic nitrogens is 1. The number of benzene rings is 2. The highest BCUT2D eigenvalue weighted by Gasteiger charge is 2.10. The minimum absolute atomic E-state index is 0.117. The lowest BCUT2D eigenvalue weighted by atomic mass is 10.1. The second-order valence-electron chi connectivity index (χ2n) is 5.26. The summed E-state index contributed by atoms with van der Waals surface area (Å²) in [7, 11) is 0. The van der Waals surface area contributed by atoms with Gasteiger partial charge in [-0.25, -0.2) is 4.98 Å².